The molecule has 12 nitrogen and oxygen atoms in total. The van der Waals surface area contributed by atoms with E-state index in [2.05, 4.69) is 42.2 Å². The molecule has 4 aromatic rings. The number of nitrogens with zero attached hydrogens (tertiary/aromatic N) is 6. The van der Waals surface area contributed by atoms with E-state index in [1.54, 1.807) is 24.3 Å². The van der Waals surface area contributed by atoms with Crippen molar-refractivity contribution in [2.75, 3.05) is 29.9 Å². The first-order valence-corrected chi connectivity index (χ1v) is 15.8. The number of carbonyl (C=O) groups is 1. The Morgan fingerprint density at radius 1 is 1.07 bits per heavy atom. The molecule has 0 saturated carbocycles. The van der Waals surface area contributed by atoms with E-state index in [9.17, 15) is 22.9 Å². The lowest BCUT2D eigenvalue weighted by Crippen LogP contribution is -2.27. The second-order valence-corrected chi connectivity index (χ2v) is 13.0. The topological polar surface area (TPSA) is 162 Å². The van der Waals surface area contributed by atoms with Crippen molar-refractivity contribution < 1.29 is 22.9 Å². The first kappa shape index (κ1) is 31.7. The van der Waals surface area contributed by atoms with Crippen molar-refractivity contribution in [2.24, 2.45) is 15.5 Å². The molecule has 45 heavy (non-hydrogen) atoms. The van der Waals surface area contributed by atoms with Crippen LogP contribution in [0, 0.1) is 12.3 Å². The molecule has 1 aromatic heterocycles. The molecule has 13 heteroatoms. The predicted molar refractivity (Wildman–Crippen MR) is 174 cm³/mol. The number of aliphatic hydroxyl groups excluding tert-OH is 1. The Morgan fingerprint density at radius 2 is 1.80 bits per heavy atom. The number of nitrogens with one attached hydrogen (secondary N) is 1. The van der Waals surface area contributed by atoms with E-state index in [1.807, 2.05) is 26.0 Å². The lowest BCUT2D eigenvalue weighted by atomic mass is 9.87. The molecule has 1 amide bonds. The van der Waals surface area contributed by atoms with Gasteiger partial charge in [-0.15, -0.1) is 9.89 Å². The van der Waals surface area contributed by atoms with Gasteiger partial charge in [0, 0.05) is 41.0 Å². The highest BCUT2D eigenvalue weighted by Crippen LogP contribution is 2.31. The van der Waals surface area contributed by atoms with Gasteiger partial charge in [0.25, 0.3) is 16.0 Å². The molecule has 0 atom stereocenters. The van der Waals surface area contributed by atoms with Crippen LogP contribution in [-0.4, -0.2) is 70.0 Å². The zero-order chi connectivity index (χ0) is 32.5. The minimum atomic E-state index is -4.43. The molecule has 5 rings (SSSR count). The highest BCUT2D eigenvalue weighted by atomic mass is 32.2. The summed E-state index contributed by atoms with van der Waals surface area (Å²) >= 11 is 0. The van der Waals surface area contributed by atoms with Crippen molar-refractivity contribution in [1.82, 2.24) is 14.9 Å². The number of aliphatic hydroxyl groups is 1. The zero-order valence-electron chi connectivity index (χ0n) is 25.7. The average molecular weight is 630 g/mol. The highest BCUT2D eigenvalue weighted by Gasteiger charge is 2.35. The normalized spacial score (nSPS) is 13.9. The summed E-state index contributed by atoms with van der Waals surface area (Å²) in [6.45, 7) is 11.6. The first-order valence-electron chi connectivity index (χ1n) is 14.4. The molecule has 0 saturated heterocycles. The molecule has 3 N–H and O–H groups in total. The predicted octanol–water partition coefficient (Wildman–Crippen LogP) is 4.96. The minimum absolute atomic E-state index is 0.0752. The summed E-state index contributed by atoms with van der Waals surface area (Å²) in [5.74, 6) is 0.420. The van der Waals surface area contributed by atoms with E-state index in [4.69, 9.17) is 15.1 Å². The Balaban J connectivity index is 1.41. The molecule has 0 radical (unpaired) electrons. The largest absolute Gasteiger partial charge is 0.395 e. The van der Waals surface area contributed by atoms with Gasteiger partial charge in [-0.3, -0.25) is 9.35 Å². The number of hydrogen-bond acceptors (Lipinski definition) is 9. The smallest absolute Gasteiger partial charge is 0.294 e. The summed E-state index contributed by atoms with van der Waals surface area (Å²) < 4.78 is 32.1. The van der Waals surface area contributed by atoms with E-state index >= 15 is 0 Å². The summed E-state index contributed by atoms with van der Waals surface area (Å²) in [6, 6.07) is 18.1. The number of aromatic nitrogens is 3. The summed E-state index contributed by atoms with van der Waals surface area (Å²) in [6.07, 6.45) is 0. The third kappa shape index (κ3) is 6.85. The van der Waals surface area contributed by atoms with Crippen LogP contribution in [0.15, 0.2) is 81.7 Å². The number of aryl methyl sites for hydroxylation is 1. The van der Waals surface area contributed by atoms with Crippen LogP contribution in [0.4, 0.5) is 17.1 Å². The Morgan fingerprint density at radius 3 is 2.42 bits per heavy atom. The molecule has 1 aliphatic rings. The summed E-state index contributed by atoms with van der Waals surface area (Å²) in [4.78, 5) is 25.7. The molecule has 0 fully saturated rings. The van der Waals surface area contributed by atoms with Crippen LogP contribution in [0.1, 0.15) is 49.4 Å². The van der Waals surface area contributed by atoms with E-state index in [0.717, 1.165) is 35.3 Å². The molecule has 234 valence electrons. The number of rotatable bonds is 9. The van der Waals surface area contributed by atoms with Gasteiger partial charge < -0.3 is 15.3 Å². The monoisotopic (exact) mass is 629 g/mol. The van der Waals surface area contributed by atoms with Crippen LogP contribution >= 0.6 is 0 Å². The third-order valence-electron chi connectivity index (χ3n) is 7.26. The van der Waals surface area contributed by atoms with Crippen LogP contribution < -0.4 is 10.2 Å². The number of aliphatic imine (C=N–C) groups is 1. The van der Waals surface area contributed by atoms with Crippen LogP contribution in [-0.2, 0) is 10.1 Å². The number of hydrogen-bond donors (Lipinski definition) is 3. The molecule has 2 heterocycles. The first-order chi connectivity index (χ1) is 21.3. The number of carbonyl (C=O) groups excluding carboxylic acids is 1. The molecule has 1 aliphatic heterocycles. The van der Waals surface area contributed by atoms with Crippen LogP contribution in [0.25, 0.3) is 11.4 Å². The fraction of sp³-hybridized carbons (Fsp3) is 0.281. The Bertz CT molecular complexity index is 1920. The Kier molecular flexibility index (Phi) is 8.70. The summed E-state index contributed by atoms with van der Waals surface area (Å²) in [7, 11) is -4.43. The van der Waals surface area contributed by atoms with E-state index in [1.165, 1.54) is 23.0 Å². The van der Waals surface area contributed by atoms with Gasteiger partial charge in [0.2, 0.25) is 5.82 Å². The number of benzene rings is 3. The maximum atomic E-state index is 12.7. The van der Waals surface area contributed by atoms with Crippen molar-refractivity contribution >= 4 is 44.5 Å². The lowest BCUT2D eigenvalue weighted by molar-refractivity contribution is 0.102. The average Bonchev–Trinajstić information content (AvgIpc) is 3.56. The highest BCUT2D eigenvalue weighted by molar-refractivity contribution is 7.85. The van der Waals surface area contributed by atoms with Crippen molar-refractivity contribution in [3.63, 3.8) is 0 Å². The molecular weight excluding hydrogens is 594 g/mol. The summed E-state index contributed by atoms with van der Waals surface area (Å²) in [5, 5.41) is 21.5. The molecular formula is C32H35N7O5S. The number of fused-ring (bicyclic) bond motifs is 1. The van der Waals surface area contributed by atoms with Crippen LogP contribution in [0.3, 0.4) is 0 Å². The molecule has 0 aliphatic carbocycles. The second-order valence-electron chi connectivity index (χ2n) is 11.6. The Hall–Kier alpha value is -4.72. The van der Waals surface area contributed by atoms with Gasteiger partial charge in [-0.1, -0.05) is 26.8 Å². The quantitative estimate of drug-likeness (QED) is 0.219. The standard InChI is InChI=1S/C32H35N7O5S/c1-6-38(16-17-40)24-14-15-26(20(2)18-24)34-27-28(32(3,4)5)36-39-30(27)35-29(37-39)21-10-12-23(13-11-21)33-31(41)22-8-7-9-25(19-22)45(42,43)44/h7-15,18-19,40H,6,16-17H2,1-5H3,(H,33,41)(H,42,43,44). The minimum Gasteiger partial charge on any atom is -0.395 e. The fourth-order valence-corrected chi connectivity index (χ4v) is 5.40. The SMILES string of the molecule is CCN(CCO)c1ccc(N=C2C(C(C)(C)C)=Nn3nc(-c4ccc(NC(=O)c5cccc(S(=O)(=O)O)c5)cc4)nc32)c(C)c1. The molecule has 0 spiro atoms. The molecule has 3 aromatic carbocycles. The number of amides is 1. The van der Waals surface area contributed by atoms with Crippen LogP contribution in [0.5, 0.6) is 0 Å². The van der Waals surface area contributed by atoms with Crippen molar-refractivity contribution in [3.05, 3.63) is 83.7 Å². The van der Waals surface area contributed by atoms with E-state index < -0.39 is 16.0 Å². The van der Waals surface area contributed by atoms with Gasteiger partial charge in [0.1, 0.15) is 5.71 Å². The maximum absolute atomic E-state index is 12.7. The zero-order valence-corrected chi connectivity index (χ0v) is 26.5. The van der Waals surface area contributed by atoms with E-state index in [0.29, 0.717) is 35.2 Å². The van der Waals surface area contributed by atoms with Gasteiger partial charge in [-0.05, 0) is 80.1 Å². The third-order valence-corrected chi connectivity index (χ3v) is 8.11. The Labute approximate surface area is 261 Å². The number of likely N-dealkylation sites (N-methyl/N-ethyl adjacent to an activating group) is 1. The lowest BCUT2D eigenvalue weighted by Gasteiger charge is -2.23. The number of anilines is 2. The van der Waals surface area contributed by atoms with Gasteiger partial charge in [-0.2, -0.15) is 13.5 Å². The molecule has 0 bridgehead atoms. The van der Waals surface area contributed by atoms with Gasteiger partial charge >= 0.3 is 0 Å². The maximum Gasteiger partial charge on any atom is 0.294 e. The fourth-order valence-electron chi connectivity index (χ4n) is 4.88. The molecule has 0 unspecified atom stereocenters. The van der Waals surface area contributed by atoms with Gasteiger partial charge in [0.05, 0.1) is 22.9 Å². The summed E-state index contributed by atoms with van der Waals surface area (Å²) in [5.41, 5.74) is 5.10. The van der Waals surface area contributed by atoms with Gasteiger partial charge in [-0.25, -0.2) is 9.98 Å². The van der Waals surface area contributed by atoms with Gasteiger partial charge in [0.15, 0.2) is 5.82 Å². The van der Waals surface area contributed by atoms with Crippen LogP contribution in [0.2, 0.25) is 0 Å². The van der Waals surface area contributed by atoms with Crippen molar-refractivity contribution in [1.29, 1.82) is 0 Å². The van der Waals surface area contributed by atoms with E-state index in [-0.39, 0.29) is 22.5 Å². The van der Waals surface area contributed by atoms with Crippen molar-refractivity contribution in [2.45, 2.75) is 39.5 Å². The van der Waals surface area contributed by atoms with Crippen molar-refractivity contribution in [3.8, 4) is 11.4 Å². The second kappa shape index (κ2) is 12.3.